The van der Waals surface area contributed by atoms with Crippen molar-refractivity contribution in [1.29, 1.82) is 0 Å². The summed E-state index contributed by atoms with van der Waals surface area (Å²) >= 11 is 0. The normalized spacial score (nSPS) is 5.50. The first-order chi connectivity index (χ1) is 2.64. The zero-order chi connectivity index (χ0) is 5.15. The third-order valence-electron chi connectivity index (χ3n) is 0.167. The first-order valence-corrected chi connectivity index (χ1v) is 1.07. The van der Waals surface area contributed by atoms with Gasteiger partial charge in [-0.2, -0.15) is 0 Å². The standard InChI is InChI=1S/C2H2O4.H2O.Ti/c3-1(4)2(5)6;;/h(H,3,4)(H,5,6);1H2;/q;;+2/p-2. The van der Waals surface area contributed by atoms with E-state index in [4.69, 9.17) is 19.8 Å². The monoisotopic (exact) mass is 154 g/mol. The number of hydrogen-bond donors (Lipinski definition) is 0. The van der Waals surface area contributed by atoms with Crippen LogP contribution in [0.1, 0.15) is 0 Å². The molecule has 2 N–H and O–H groups in total. The SMILES string of the molecule is O.O=C([O-])C(=O)[O-].[Ti+2]. The molecule has 8 heavy (non-hydrogen) atoms. The Morgan fingerprint density at radius 3 is 1.12 bits per heavy atom. The molecule has 0 unspecified atom stereocenters. The van der Waals surface area contributed by atoms with Gasteiger partial charge < -0.3 is 25.3 Å². The molecule has 0 spiro atoms. The number of aliphatic carboxylic acids is 2. The Morgan fingerprint density at radius 2 is 1.12 bits per heavy atom. The fourth-order valence-corrected chi connectivity index (χ4v) is 0. The van der Waals surface area contributed by atoms with Gasteiger partial charge in [-0.1, -0.05) is 0 Å². The van der Waals surface area contributed by atoms with Crippen molar-refractivity contribution < 1.29 is 47.0 Å². The van der Waals surface area contributed by atoms with Crippen molar-refractivity contribution in [2.75, 3.05) is 0 Å². The second-order valence-corrected chi connectivity index (χ2v) is 0.575. The Balaban J connectivity index is -0.000000125. The van der Waals surface area contributed by atoms with Gasteiger partial charge in [0.1, 0.15) is 0 Å². The van der Waals surface area contributed by atoms with Gasteiger partial charge in [0.15, 0.2) is 0 Å². The van der Waals surface area contributed by atoms with E-state index in [2.05, 4.69) is 0 Å². The summed E-state index contributed by atoms with van der Waals surface area (Å²) in [6.45, 7) is 0. The summed E-state index contributed by atoms with van der Waals surface area (Å²) in [5, 5.41) is 17.9. The van der Waals surface area contributed by atoms with E-state index < -0.39 is 11.9 Å². The number of carboxylic acid groups (broad SMARTS) is 2. The molecule has 6 heteroatoms. The van der Waals surface area contributed by atoms with E-state index in [9.17, 15) is 0 Å². The molecule has 0 aliphatic carbocycles. The molecule has 0 saturated heterocycles. The third-order valence-corrected chi connectivity index (χ3v) is 0.167. The van der Waals surface area contributed by atoms with Crippen LogP contribution >= 0.6 is 0 Å². The minimum Gasteiger partial charge on any atom is -0.543 e. The van der Waals surface area contributed by atoms with E-state index in [0.717, 1.165) is 0 Å². The molecule has 0 aromatic rings. The molecular weight excluding hydrogens is 152 g/mol. The van der Waals surface area contributed by atoms with Crippen LogP contribution in [0.2, 0.25) is 0 Å². The zero-order valence-corrected chi connectivity index (χ0v) is 5.19. The van der Waals surface area contributed by atoms with Crippen LogP contribution in [0.3, 0.4) is 0 Å². The Bertz CT molecular complexity index is 76.4. The van der Waals surface area contributed by atoms with E-state index in [-0.39, 0.29) is 27.2 Å². The quantitative estimate of drug-likeness (QED) is 0.259. The van der Waals surface area contributed by atoms with Crippen LogP contribution in [0.5, 0.6) is 0 Å². The van der Waals surface area contributed by atoms with E-state index in [1.807, 2.05) is 0 Å². The molecule has 0 aromatic carbocycles. The molecule has 0 atom stereocenters. The molecule has 0 aliphatic heterocycles. The van der Waals surface area contributed by atoms with Gasteiger partial charge in [0.25, 0.3) is 0 Å². The van der Waals surface area contributed by atoms with Crippen LogP contribution in [-0.4, -0.2) is 17.4 Å². The topological polar surface area (TPSA) is 112 Å². The third kappa shape index (κ3) is 9.15. The molecule has 0 fully saturated rings. The summed E-state index contributed by atoms with van der Waals surface area (Å²) in [5.74, 6) is -4.37. The van der Waals surface area contributed by atoms with Crippen molar-refractivity contribution in [3.63, 3.8) is 0 Å². The minimum atomic E-state index is -2.19. The van der Waals surface area contributed by atoms with Crippen molar-refractivity contribution in [2.45, 2.75) is 0 Å². The summed E-state index contributed by atoms with van der Waals surface area (Å²) in [6.07, 6.45) is 0. The van der Waals surface area contributed by atoms with Crippen molar-refractivity contribution in [1.82, 2.24) is 0 Å². The van der Waals surface area contributed by atoms with Gasteiger partial charge in [0, 0.05) is 0 Å². The Kier molecular flexibility index (Phi) is 12.9. The van der Waals surface area contributed by atoms with Crippen LogP contribution in [0.4, 0.5) is 0 Å². The molecule has 5 nitrogen and oxygen atoms in total. The molecule has 0 heterocycles. The van der Waals surface area contributed by atoms with Gasteiger partial charge in [-0.25, -0.2) is 0 Å². The zero-order valence-electron chi connectivity index (χ0n) is 3.63. The van der Waals surface area contributed by atoms with Crippen LogP contribution in [0, 0.1) is 0 Å². The molecule has 0 aromatic heterocycles. The van der Waals surface area contributed by atoms with E-state index >= 15 is 0 Å². The first kappa shape index (κ1) is 15.6. The predicted molar refractivity (Wildman–Crippen MR) is 13.6 cm³/mol. The second kappa shape index (κ2) is 6.61. The van der Waals surface area contributed by atoms with Crippen molar-refractivity contribution in [2.24, 2.45) is 0 Å². The van der Waals surface area contributed by atoms with Crippen molar-refractivity contribution in [3.05, 3.63) is 0 Å². The van der Waals surface area contributed by atoms with E-state index in [1.165, 1.54) is 0 Å². The van der Waals surface area contributed by atoms with Gasteiger partial charge in [-0.3, -0.25) is 0 Å². The molecule has 0 radical (unpaired) electrons. The number of hydrogen-bond acceptors (Lipinski definition) is 4. The summed E-state index contributed by atoms with van der Waals surface area (Å²) in [6, 6.07) is 0. The van der Waals surface area contributed by atoms with Crippen LogP contribution < -0.4 is 10.2 Å². The molecule has 0 saturated carbocycles. The molecule has 0 bridgehead atoms. The van der Waals surface area contributed by atoms with Gasteiger partial charge >= 0.3 is 21.7 Å². The fraction of sp³-hybridized carbons (Fsp3) is 0. The second-order valence-electron chi connectivity index (χ2n) is 0.575. The van der Waals surface area contributed by atoms with Crippen LogP contribution in [0.15, 0.2) is 0 Å². The molecular formula is C2H2O5Ti. The van der Waals surface area contributed by atoms with Gasteiger partial charge in [0.05, 0.1) is 11.9 Å². The van der Waals surface area contributed by atoms with Crippen molar-refractivity contribution in [3.8, 4) is 0 Å². The average molecular weight is 154 g/mol. The molecule has 0 amide bonds. The number of carbonyl (C=O) groups is 2. The summed E-state index contributed by atoms with van der Waals surface area (Å²) in [5.41, 5.74) is 0. The summed E-state index contributed by atoms with van der Waals surface area (Å²) in [7, 11) is 0. The summed E-state index contributed by atoms with van der Waals surface area (Å²) < 4.78 is 0. The summed E-state index contributed by atoms with van der Waals surface area (Å²) in [4.78, 5) is 17.9. The van der Waals surface area contributed by atoms with E-state index in [0.29, 0.717) is 0 Å². The number of carbonyl (C=O) groups excluding carboxylic acids is 2. The minimum absolute atomic E-state index is 0. The van der Waals surface area contributed by atoms with Gasteiger partial charge in [-0.05, 0) is 0 Å². The molecule has 44 valence electrons. The average Bonchev–Trinajstić information content (AvgIpc) is 1.36. The van der Waals surface area contributed by atoms with Crippen molar-refractivity contribution >= 4 is 11.9 Å². The number of rotatable bonds is 0. The Hall–Kier alpha value is -0.386. The Labute approximate surface area is 59.5 Å². The number of carboxylic acids is 2. The van der Waals surface area contributed by atoms with Gasteiger partial charge in [-0.15, -0.1) is 0 Å². The van der Waals surface area contributed by atoms with E-state index in [1.54, 1.807) is 0 Å². The first-order valence-electron chi connectivity index (χ1n) is 1.07. The maximum Gasteiger partial charge on any atom is 2.00 e. The molecule has 0 aliphatic rings. The maximum absolute atomic E-state index is 8.93. The molecule has 0 rings (SSSR count). The van der Waals surface area contributed by atoms with Crippen LogP contribution in [-0.2, 0) is 31.3 Å². The Morgan fingerprint density at radius 1 is 1.00 bits per heavy atom. The predicted octanol–water partition coefficient (Wildman–Crippen LogP) is -4.34. The largest absolute Gasteiger partial charge is 2.00 e. The van der Waals surface area contributed by atoms with Gasteiger partial charge in [0.2, 0.25) is 0 Å². The fourth-order valence-electron chi connectivity index (χ4n) is 0. The van der Waals surface area contributed by atoms with Crippen LogP contribution in [0.25, 0.3) is 0 Å². The maximum atomic E-state index is 8.93. The smallest absolute Gasteiger partial charge is 0.543 e.